The summed E-state index contributed by atoms with van der Waals surface area (Å²) >= 11 is 1.42. The van der Waals surface area contributed by atoms with Gasteiger partial charge in [-0.15, -0.1) is 11.8 Å². The molecular formula is C26H28N4O2S. The predicted octanol–water partition coefficient (Wildman–Crippen LogP) is 4.99. The fraction of sp³-hybridized carbons (Fsp3) is 0.423. The molecule has 33 heavy (non-hydrogen) atoms. The molecule has 3 aromatic rings. The van der Waals surface area contributed by atoms with Crippen LogP contribution in [-0.2, 0) is 4.79 Å². The second kappa shape index (κ2) is 8.20. The summed E-state index contributed by atoms with van der Waals surface area (Å²) in [6.45, 7) is 0. The van der Waals surface area contributed by atoms with Crippen LogP contribution in [0.25, 0.3) is 11.0 Å². The molecule has 0 atom stereocenters. The van der Waals surface area contributed by atoms with E-state index in [0.29, 0.717) is 17.3 Å². The molecule has 0 radical (unpaired) electrons. The van der Waals surface area contributed by atoms with Crippen LogP contribution in [0, 0.1) is 17.8 Å². The maximum atomic E-state index is 13.0. The van der Waals surface area contributed by atoms with Crippen LogP contribution in [0.3, 0.4) is 0 Å². The van der Waals surface area contributed by atoms with Gasteiger partial charge in [0.05, 0.1) is 22.3 Å². The van der Waals surface area contributed by atoms with Crippen molar-refractivity contribution in [1.82, 2.24) is 15.3 Å². The van der Waals surface area contributed by atoms with Gasteiger partial charge in [0.1, 0.15) is 0 Å². The van der Waals surface area contributed by atoms with Gasteiger partial charge in [0.2, 0.25) is 11.9 Å². The quantitative estimate of drug-likeness (QED) is 0.452. The summed E-state index contributed by atoms with van der Waals surface area (Å²) in [7, 11) is 0. The van der Waals surface area contributed by atoms with E-state index in [1.807, 2.05) is 42.5 Å². The average Bonchev–Trinajstić information content (AvgIpc) is 3.19. The first-order chi connectivity index (χ1) is 16.1. The highest BCUT2D eigenvalue weighted by molar-refractivity contribution is 8.00. The summed E-state index contributed by atoms with van der Waals surface area (Å²) in [5.41, 5.74) is 2.24. The topological polar surface area (TPSA) is 86.9 Å². The lowest BCUT2D eigenvalue weighted by Gasteiger charge is -2.56. The molecule has 4 aliphatic carbocycles. The zero-order valence-corrected chi connectivity index (χ0v) is 19.3. The van der Waals surface area contributed by atoms with Gasteiger partial charge in [-0.2, -0.15) is 0 Å². The molecule has 0 unspecified atom stereocenters. The molecule has 7 heteroatoms. The minimum atomic E-state index is -0.237. The highest BCUT2D eigenvalue weighted by Gasteiger charge is 2.51. The summed E-state index contributed by atoms with van der Waals surface area (Å²) in [5, 5.41) is 6.28. The Labute approximate surface area is 197 Å². The number of fused-ring (bicyclic) bond motifs is 1. The first-order valence-electron chi connectivity index (χ1n) is 11.8. The second-order valence-corrected chi connectivity index (χ2v) is 11.1. The zero-order valence-electron chi connectivity index (χ0n) is 18.5. The number of carbonyl (C=O) groups excluding carboxylic acids is 2. The average molecular weight is 461 g/mol. The van der Waals surface area contributed by atoms with Crippen LogP contribution in [0.4, 0.5) is 5.95 Å². The molecule has 0 saturated heterocycles. The third-order valence-electron chi connectivity index (χ3n) is 7.55. The van der Waals surface area contributed by atoms with Crippen molar-refractivity contribution < 1.29 is 9.59 Å². The van der Waals surface area contributed by atoms with Crippen molar-refractivity contribution >= 4 is 40.6 Å². The van der Waals surface area contributed by atoms with Crippen LogP contribution in [0.5, 0.6) is 0 Å². The first kappa shape index (κ1) is 20.8. The first-order valence-corrected chi connectivity index (χ1v) is 12.8. The van der Waals surface area contributed by atoms with Gasteiger partial charge in [-0.25, -0.2) is 4.98 Å². The SMILES string of the molecule is O=C(CSc1ccccc1C(=O)Nc1nc2ccccc2[nH]1)NC12CC3CC(CC(C3)C1)C2. The molecule has 7 rings (SSSR count). The van der Waals surface area contributed by atoms with Crippen molar-refractivity contribution in [2.75, 3.05) is 11.1 Å². The van der Waals surface area contributed by atoms with Crippen LogP contribution >= 0.6 is 11.8 Å². The normalized spacial score (nSPS) is 27.6. The van der Waals surface area contributed by atoms with Crippen LogP contribution in [0.2, 0.25) is 0 Å². The highest BCUT2D eigenvalue weighted by Crippen LogP contribution is 2.55. The number of nitrogens with one attached hydrogen (secondary N) is 3. The van der Waals surface area contributed by atoms with E-state index in [1.54, 1.807) is 6.07 Å². The van der Waals surface area contributed by atoms with E-state index in [9.17, 15) is 9.59 Å². The van der Waals surface area contributed by atoms with Gasteiger partial charge in [0.15, 0.2) is 0 Å². The number of imidazole rings is 1. The van der Waals surface area contributed by atoms with Crippen molar-refractivity contribution in [2.45, 2.75) is 49.0 Å². The van der Waals surface area contributed by atoms with E-state index in [4.69, 9.17) is 0 Å². The van der Waals surface area contributed by atoms with Crippen LogP contribution < -0.4 is 10.6 Å². The van der Waals surface area contributed by atoms with Gasteiger partial charge in [-0.3, -0.25) is 14.9 Å². The van der Waals surface area contributed by atoms with Crippen molar-refractivity contribution in [3.8, 4) is 0 Å². The van der Waals surface area contributed by atoms with Gasteiger partial charge >= 0.3 is 0 Å². The second-order valence-electron chi connectivity index (χ2n) is 10.1. The van der Waals surface area contributed by atoms with Crippen LogP contribution in [-0.4, -0.2) is 33.1 Å². The lowest BCUT2D eigenvalue weighted by molar-refractivity contribution is -0.124. The third kappa shape index (κ3) is 4.14. The van der Waals surface area contributed by atoms with E-state index >= 15 is 0 Å². The largest absolute Gasteiger partial charge is 0.350 e. The Morgan fingerprint density at radius 3 is 2.36 bits per heavy atom. The Balaban J connectivity index is 1.11. The summed E-state index contributed by atoms with van der Waals surface area (Å²) in [6.07, 6.45) is 7.51. The zero-order chi connectivity index (χ0) is 22.4. The number of aromatic amines is 1. The fourth-order valence-corrected chi connectivity index (χ4v) is 7.56. The number of hydrogen-bond acceptors (Lipinski definition) is 4. The van der Waals surface area contributed by atoms with Crippen LogP contribution in [0.1, 0.15) is 48.9 Å². The third-order valence-corrected chi connectivity index (χ3v) is 8.63. The van der Waals surface area contributed by atoms with Gasteiger partial charge in [-0.05, 0) is 80.5 Å². The fourth-order valence-electron chi connectivity index (χ4n) is 6.71. The summed E-state index contributed by atoms with van der Waals surface area (Å²) in [4.78, 5) is 34.2. The van der Waals surface area contributed by atoms with Gasteiger partial charge in [0, 0.05) is 10.4 Å². The predicted molar refractivity (Wildman–Crippen MR) is 130 cm³/mol. The molecule has 2 aromatic carbocycles. The van der Waals surface area contributed by atoms with Crippen molar-refractivity contribution in [3.05, 3.63) is 54.1 Å². The maximum absolute atomic E-state index is 13.0. The summed E-state index contributed by atoms with van der Waals surface area (Å²) in [5.74, 6) is 2.97. The van der Waals surface area contributed by atoms with Gasteiger partial charge in [0.25, 0.3) is 5.91 Å². The Hall–Kier alpha value is -2.80. The Kier molecular flexibility index (Phi) is 5.17. The highest BCUT2D eigenvalue weighted by atomic mass is 32.2. The number of H-pyrrole nitrogens is 1. The number of thioether (sulfide) groups is 1. The van der Waals surface area contributed by atoms with Gasteiger partial charge in [-0.1, -0.05) is 24.3 Å². The number of anilines is 1. The van der Waals surface area contributed by atoms with E-state index in [-0.39, 0.29) is 17.4 Å². The minimum Gasteiger partial charge on any atom is -0.350 e. The van der Waals surface area contributed by atoms with Crippen LogP contribution in [0.15, 0.2) is 53.4 Å². The van der Waals surface area contributed by atoms with E-state index in [0.717, 1.165) is 52.9 Å². The van der Waals surface area contributed by atoms with Gasteiger partial charge < -0.3 is 10.3 Å². The minimum absolute atomic E-state index is 0.0184. The lowest BCUT2D eigenvalue weighted by Crippen LogP contribution is -2.60. The molecule has 6 nitrogen and oxygen atoms in total. The van der Waals surface area contributed by atoms with Crippen molar-refractivity contribution in [3.63, 3.8) is 0 Å². The molecule has 4 saturated carbocycles. The number of carbonyl (C=O) groups is 2. The molecule has 4 bridgehead atoms. The lowest BCUT2D eigenvalue weighted by atomic mass is 9.53. The molecule has 0 aliphatic heterocycles. The monoisotopic (exact) mass is 460 g/mol. The number of para-hydroxylation sites is 2. The van der Waals surface area contributed by atoms with E-state index < -0.39 is 0 Å². The van der Waals surface area contributed by atoms with Crippen molar-refractivity contribution in [1.29, 1.82) is 0 Å². The number of hydrogen-bond donors (Lipinski definition) is 3. The Morgan fingerprint density at radius 1 is 0.970 bits per heavy atom. The standard InChI is InChI=1S/C26H28N4O2S/c31-23(30-26-12-16-9-17(13-26)11-18(10-16)14-26)15-33-22-8-4-1-5-19(22)24(32)29-25-27-20-6-2-3-7-21(20)28-25/h1-8,16-18H,9-15H2,(H,30,31)(H2,27,28,29,32). The Bertz CT molecular complexity index is 1150. The molecule has 2 amide bonds. The number of aromatic nitrogens is 2. The van der Waals surface area contributed by atoms with E-state index in [1.165, 1.54) is 31.0 Å². The smallest absolute Gasteiger partial charge is 0.259 e. The van der Waals surface area contributed by atoms with E-state index in [2.05, 4.69) is 20.6 Å². The molecule has 1 heterocycles. The number of rotatable bonds is 6. The molecular weight excluding hydrogens is 432 g/mol. The molecule has 1 aromatic heterocycles. The molecule has 0 spiro atoms. The molecule has 4 fully saturated rings. The molecule has 3 N–H and O–H groups in total. The Morgan fingerprint density at radius 2 is 1.64 bits per heavy atom. The number of amides is 2. The molecule has 4 aliphatic rings. The van der Waals surface area contributed by atoms with Crippen molar-refractivity contribution in [2.24, 2.45) is 17.8 Å². The number of nitrogens with zero attached hydrogens (tertiary/aromatic N) is 1. The summed E-state index contributed by atoms with van der Waals surface area (Å²) in [6, 6.07) is 15.1. The maximum Gasteiger partial charge on any atom is 0.259 e. The summed E-state index contributed by atoms with van der Waals surface area (Å²) < 4.78 is 0. The number of benzene rings is 2. The molecule has 170 valence electrons.